The number of anilines is 1. The van der Waals surface area contributed by atoms with Gasteiger partial charge in [-0.05, 0) is 12.1 Å². The number of carbonyl (C=O) groups excluding carboxylic acids is 1. The molecule has 0 spiro atoms. The molecular formula is C17H16N2O3. The molecule has 0 unspecified atom stereocenters. The normalized spacial score (nSPS) is 12.5. The Morgan fingerprint density at radius 2 is 1.77 bits per heavy atom. The van der Waals surface area contributed by atoms with Crippen LogP contribution in [-0.2, 0) is 0 Å². The summed E-state index contributed by atoms with van der Waals surface area (Å²) in [7, 11) is 0. The molecule has 1 heterocycles. The summed E-state index contributed by atoms with van der Waals surface area (Å²) >= 11 is 0. The zero-order chi connectivity index (χ0) is 15.4. The van der Waals surface area contributed by atoms with Crippen molar-refractivity contribution in [2.45, 2.75) is 6.42 Å². The van der Waals surface area contributed by atoms with Crippen molar-refractivity contribution in [2.75, 3.05) is 18.5 Å². The third-order valence-corrected chi connectivity index (χ3v) is 3.27. The fourth-order valence-electron chi connectivity index (χ4n) is 2.23. The average molecular weight is 296 g/mol. The van der Waals surface area contributed by atoms with E-state index in [4.69, 9.17) is 14.9 Å². The molecule has 0 saturated carbocycles. The third-order valence-electron chi connectivity index (χ3n) is 3.27. The molecule has 0 atom stereocenters. The maximum atomic E-state index is 12.1. The van der Waals surface area contributed by atoms with Gasteiger partial charge in [0.25, 0.3) is 0 Å². The molecule has 112 valence electrons. The van der Waals surface area contributed by atoms with Crippen LogP contribution in [0.3, 0.4) is 0 Å². The summed E-state index contributed by atoms with van der Waals surface area (Å²) in [5.74, 6) is 1.41. The van der Waals surface area contributed by atoms with E-state index in [-0.39, 0.29) is 18.0 Å². The van der Waals surface area contributed by atoms with Gasteiger partial charge in [0.15, 0.2) is 17.3 Å². The SMILES string of the molecule is N=C(CC(=O)c1ccccc1)Nc1ccc2c(c1)OCCO2. The van der Waals surface area contributed by atoms with Crippen LogP contribution in [-0.4, -0.2) is 24.8 Å². The van der Waals surface area contributed by atoms with Crippen molar-refractivity contribution < 1.29 is 14.3 Å². The highest BCUT2D eigenvalue weighted by Gasteiger charge is 2.13. The van der Waals surface area contributed by atoms with Crippen LogP contribution in [0.15, 0.2) is 48.5 Å². The van der Waals surface area contributed by atoms with Gasteiger partial charge in [-0.3, -0.25) is 10.2 Å². The molecule has 5 heteroatoms. The molecule has 2 aromatic carbocycles. The average Bonchev–Trinajstić information content (AvgIpc) is 2.55. The molecule has 1 aliphatic heterocycles. The molecule has 0 aliphatic carbocycles. The van der Waals surface area contributed by atoms with Gasteiger partial charge in [-0.15, -0.1) is 0 Å². The summed E-state index contributed by atoms with van der Waals surface area (Å²) in [5.41, 5.74) is 1.31. The number of benzene rings is 2. The van der Waals surface area contributed by atoms with E-state index < -0.39 is 0 Å². The molecule has 0 fully saturated rings. The highest BCUT2D eigenvalue weighted by atomic mass is 16.6. The van der Waals surface area contributed by atoms with Gasteiger partial charge in [0, 0.05) is 17.3 Å². The van der Waals surface area contributed by atoms with Crippen molar-refractivity contribution in [2.24, 2.45) is 0 Å². The van der Waals surface area contributed by atoms with Crippen LogP contribution >= 0.6 is 0 Å². The van der Waals surface area contributed by atoms with Crippen LogP contribution in [0.25, 0.3) is 0 Å². The first-order valence-electron chi connectivity index (χ1n) is 7.05. The van der Waals surface area contributed by atoms with E-state index in [1.54, 1.807) is 30.3 Å². The van der Waals surface area contributed by atoms with Crippen LogP contribution in [0.5, 0.6) is 11.5 Å². The van der Waals surface area contributed by atoms with Gasteiger partial charge >= 0.3 is 0 Å². The second kappa shape index (κ2) is 6.30. The molecule has 0 bridgehead atoms. The summed E-state index contributed by atoms with van der Waals surface area (Å²) in [6.45, 7) is 1.06. The van der Waals surface area contributed by atoms with Gasteiger partial charge in [-0.2, -0.15) is 0 Å². The Morgan fingerprint density at radius 3 is 2.55 bits per heavy atom. The van der Waals surface area contributed by atoms with E-state index in [1.807, 2.05) is 18.2 Å². The summed E-state index contributed by atoms with van der Waals surface area (Å²) in [4.78, 5) is 12.1. The Kier molecular flexibility index (Phi) is 4.05. The van der Waals surface area contributed by atoms with Crippen LogP contribution < -0.4 is 14.8 Å². The lowest BCUT2D eigenvalue weighted by Gasteiger charge is -2.19. The number of ether oxygens (including phenoxy) is 2. The molecule has 0 saturated heterocycles. The monoisotopic (exact) mass is 296 g/mol. The van der Waals surface area contributed by atoms with Gasteiger partial charge in [0.2, 0.25) is 0 Å². The first-order chi connectivity index (χ1) is 10.7. The van der Waals surface area contributed by atoms with Crippen LogP contribution in [0.4, 0.5) is 5.69 Å². The lowest BCUT2D eigenvalue weighted by Crippen LogP contribution is -2.17. The fourth-order valence-corrected chi connectivity index (χ4v) is 2.23. The molecule has 0 aromatic heterocycles. The second-order valence-corrected chi connectivity index (χ2v) is 4.93. The number of nitrogens with one attached hydrogen (secondary N) is 2. The zero-order valence-electron chi connectivity index (χ0n) is 12.0. The third kappa shape index (κ3) is 3.25. The van der Waals surface area contributed by atoms with E-state index in [1.165, 1.54) is 0 Å². The van der Waals surface area contributed by atoms with Gasteiger partial charge in [0.05, 0.1) is 6.42 Å². The van der Waals surface area contributed by atoms with Gasteiger partial charge in [-0.1, -0.05) is 30.3 Å². The fraction of sp³-hybridized carbons (Fsp3) is 0.176. The number of carbonyl (C=O) groups is 1. The largest absolute Gasteiger partial charge is 0.486 e. The van der Waals surface area contributed by atoms with E-state index in [0.29, 0.717) is 36.0 Å². The minimum absolute atomic E-state index is 0.0262. The highest BCUT2D eigenvalue weighted by molar-refractivity contribution is 6.12. The van der Waals surface area contributed by atoms with E-state index in [0.717, 1.165) is 0 Å². The molecule has 5 nitrogen and oxygen atoms in total. The number of fused-ring (bicyclic) bond motifs is 1. The van der Waals surface area contributed by atoms with Crippen LogP contribution in [0, 0.1) is 5.41 Å². The molecule has 0 amide bonds. The number of hydrogen-bond donors (Lipinski definition) is 2. The number of ketones is 1. The Labute approximate surface area is 128 Å². The van der Waals surface area contributed by atoms with Gasteiger partial charge in [-0.25, -0.2) is 0 Å². The number of Topliss-reactive ketones (excluding diaryl/α,β-unsaturated/α-hetero) is 1. The molecule has 3 rings (SSSR count). The molecule has 2 aromatic rings. The quantitative estimate of drug-likeness (QED) is 0.516. The first-order valence-corrected chi connectivity index (χ1v) is 7.05. The topological polar surface area (TPSA) is 71.4 Å². The van der Waals surface area contributed by atoms with E-state index in [2.05, 4.69) is 5.32 Å². The Morgan fingerprint density at radius 1 is 1.05 bits per heavy atom. The minimum Gasteiger partial charge on any atom is -0.486 e. The molecule has 2 N–H and O–H groups in total. The number of rotatable bonds is 4. The van der Waals surface area contributed by atoms with Gasteiger partial charge in [0.1, 0.15) is 19.0 Å². The minimum atomic E-state index is -0.0874. The zero-order valence-corrected chi connectivity index (χ0v) is 12.0. The molecule has 0 radical (unpaired) electrons. The van der Waals surface area contributed by atoms with Crippen molar-refractivity contribution in [3.63, 3.8) is 0 Å². The predicted octanol–water partition coefficient (Wildman–Crippen LogP) is 3.12. The standard InChI is InChI=1S/C17H16N2O3/c18-17(11-14(20)12-4-2-1-3-5-12)19-13-6-7-15-16(10-13)22-9-8-21-15/h1-7,10H,8-9,11H2,(H2,18,19). The first kappa shape index (κ1) is 14.1. The van der Waals surface area contributed by atoms with Crippen molar-refractivity contribution in [3.8, 4) is 11.5 Å². The van der Waals surface area contributed by atoms with Crippen molar-refractivity contribution in [3.05, 3.63) is 54.1 Å². The number of hydrogen-bond acceptors (Lipinski definition) is 4. The predicted molar refractivity (Wildman–Crippen MR) is 84.2 cm³/mol. The Bertz CT molecular complexity index is 698. The molecular weight excluding hydrogens is 280 g/mol. The van der Waals surface area contributed by atoms with Crippen molar-refractivity contribution >= 4 is 17.3 Å². The second-order valence-electron chi connectivity index (χ2n) is 4.93. The number of amidine groups is 1. The Hall–Kier alpha value is -2.82. The summed E-state index contributed by atoms with van der Waals surface area (Å²) in [6.07, 6.45) is 0.0262. The maximum absolute atomic E-state index is 12.1. The van der Waals surface area contributed by atoms with E-state index in [9.17, 15) is 4.79 Å². The van der Waals surface area contributed by atoms with Crippen LogP contribution in [0.1, 0.15) is 16.8 Å². The molecule has 22 heavy (non-hydrogen) atoms. The van der Waals surface area contributed by atoms with Gasteiger partial charge < -0.3 is 14.8 Å². The lowest BCUT2D eigenvalue weighted by molar-refractivity contribution is 0.100. The summed E-state index contributed by atoms with van der Waals surface area (Å²) in [6, 6.07) is 14.3. The Balaban J connectivity index is 1.63. The summed E-state index contributed by atoms with van der Waals surface area (Å²) < 4.78 is 10.9. The van der Waals surface area contributed by atoms with Crippen LogP contribution in [0.2, 0.25) is 0 Å². The summed E-state index contributed by atoms with van der Waals surface area (Å²) in [5, 5.41) is 10.9. The van der Waals surface area contributed by atoms with E-state index >= 15 is 0 Å². The van der Waals surface area contributed by atoms with Crippen molar-refractivity contribution in [1.29, 1.82) is 5.41 Å². The maximum Gasteiger partial charge on any atom is 0.170 e. The van der Waals surface area contributed by atoms with Crippen molar-refractivity contribution in [1.82, 2.24) is 0 Å². The highest BCUT2D eigenvalue weighted by Crippen LogP contribution is 2.32. The lowest BCUT2D eigenvalue weighted by atomic mass is 10.1. The molecule has 1 aliphatic rings. The smallest absolute Gasteiger partial charge is 0.170 e.